The van der Waals surface area contributed by atoms with Gasteiger partial charge in [-0.2, -0.15) is 5.10 Å². The van der Waals surface area contributed by atoms with Gasteiger partial charge in [0.1, 0.15) is 12.5 Å². The molecule has 0 spiro atoms. The van der Waals surface area contributed by atoms with Crippen molar-refractivity contribution in [1.82, 2.24) is 10.3 Å². The van der Waals surface area contributed by atoms with Crippen LogP contribution in [0.2, 0.25) is 0 Å². The van der Waals surface area contributed by atoms with Crippen molar-refractivity contribution in [2.24, 2.45) is 5.10 Å². The molecule has 3 heteroatoms. The Bertz CT molecular complexity index is 88.9. The second-order valence-corrected chi connectivity index (χ2v) is 1.72. The minimum atomic E-state index is 0.375. The predicted molar refractivity (Wildman–Crippen MR) is 28.9 cm³/mol. The zero-order valence-electron chi connectivity index (χ0n) is 4.55. The molecule has 0 aromatic rings. The van der Waals surface area contributed by atoms with Crippen LogP contribution in [0.5, 0.6) is 0 Å². The molecule has 0 aromatic heterocycles. The second-order valence-electron chi connectivity index (χ2n) is 1.72. The molecule has 0 aliphatic carbocycles. The highest BCUT2D eigenvalue weighted by Gasteiger charge is 2.06. The molecule has 1 N–H and O–H groups in total. The summed E-state index contributed by atoms with van der Waals surface area (Å²) >= 11 is 0. The lowest BCUT2D eigenvalue weighted by molar-refractivity contribution is 0.382. The molecule has 1 rings (SSSR count). The largest absolute Gasteiger partial charge is 0.343 e. The lowest BCUT2D eigenvalue weighted by Crippen LogP contribution is -2.29. The zero-order chi connectivity index (χ0) is 5.28. The van der Waals surface area contributed by atoms with E-state index >= 15 is 0 Å². The number of nitrogens with zero attached hydrogens (tertiary/aromatic N) is 2. The Balaban J connectivity index is 2.45. The first-order valence-corrected chi connectivity index (χ1v) is 2.31. The van der Waals surface area contributed by atoms with Crippen molar-refractivity contribution in [3.8, 4) is 0 Å². The average Bonchev–Trinajstić information content (AvgIpc) is 1.91. The summed E-state index contributed by atoms with van der Waals surface area (Å²) in [4.78, 5) is 2.00. The van der Waals surface area contributed by atoms with Crippen LogP contribution in [0.4, 0.5) is 0 Å². The topological polar surface area (TPSA) is 27.6 Å². The number of nitrogens with one attached hydrogen (secondary N) is 1. The maximum absolute atomic E-state index is 3.80. The third-order valence-electron chi connectivity index (χ3n) is 1.11. The summed E-state index contributed by atoms with van der Waals surface area (Å²) in [5.74, 6) is 0. The van der Waals surface area contributed by atoms with Crippen LogP contribution in [-0.2, 0) is 0 Å². The van der Waals surface area contributed by atoms with Crippen molar-refractivity contribution in [3.05, 3.63) is 0 Å². The molecule has 1 aliphatic rings. The molecule has 1 heterocycles. The van der Waals surface area contributed by atoms with Crippen LogP contribution >= 0.6 is 0 Å². The van der Waals surface area contributed by atoms with E-state index in [1.54, 1.807) is 6.34 Å². The van der Waals surface area contributed by atoms with Gasteiger partial charge >= 0.3 is 0 Å². The van der Waals surface area contributed by atoms with Crippen LogP contribution in [-0.4, -0.2) is 24.5 Å². The highest BCUT2D eigenvalue weighted by molar-refractivity contribution is 5.56. The van der Waals surface area contributed by atoms with Crippen molar-refractivity contribution in [3.63, 3.8) is 0 Å². The molecule has 0 radical (unpaired) electrons. The fraction of sp³-hybridized carbons (Fsp3) is 0.750. The van der Waals surface area contributed by atoms with Crippen LogP contribution < -0.4 is 5.43 Å². The van der Waals surface area contributed by atoms with Gasteiger partial charge < -0.3 is 4.90 Å². The van der Waals surface area contributed by atoms with E-state index in [4.69, 9.17) is 0 Å². The van der Waals surface area contributed by atoms with E-state index in [0.29, 0.717) is 6.17 Å². The van der Waals surface area contributed by atoms with E-state index in [2.05, 4.69) is 10.5 Å². The molecule has 0 bridgehead atoms. The van der Waals surface area contributed by atoms with Gasteiger partial charge in [-0.1, -0.05) is 0 Å². The van der Waals surface area contributed by atoms with Gasteiger partial charge in [-0.3, -0.25) is 5.43 Å². The van der Waals surface area contributed by atoms with Crippen LogP contribution in [0.3, 0.4) is 0 Å². The lowest BCUT2D eigenvalue weighted by atomic mass is 10.6. The fourth-order valence-electron chi connectivity index (χ4n) is 0.423. The van der Waals surface area contributed by atoms with Gasteiger partial charge in [0.05, 0.1) is 0 Å². The first-order valence-electron chi connectivity index (χ1n) is 2.31. The zero-order valence-corrected chi connectivity index (χ0v) is 4.55. The maximum atomic E-state index is 3.80. The number of hydrogen-bond acceptors (Lipinski definition) is 3. The van der Waals surface area contributed by atoms with Gasteiger partial charge in [-0.05, 0) is 6.92 Å². The predicted octanol–water partition coefficient (Wildman–Crippen LogP) is -0.189. The lowest BCUT2D eigenvalue weighted by Gasteiger charge is -2.11. The summed E-state index contributed by atoms with van der Waals surface area (Å²) < 4.78 is 0. The molecule has 0 fully saturated rings. The fourth-order valence-corrected chi connectivity index (χ4v) is 0.423. The molecule has 1 atom stereocenters. The summed E-state index contributed by atoms with van der Waals surface area (Å²) in [6, 6.07) is 0. The second kappa shape index (κ2) is 1.40. The molecular formula is C4H9N3. The Hall–Kier alpha value is -0.730. The standard InChI is InChI=1S/C4H9N3/c1-4-6-5-3-7(4)2/h3-4,6H,1-2H3/t4-/m0/s1. The molecule has 7 heavy (non-hydrogen) atoms. The highest BCUT2D eigenvalue weighted by atomic mass is 15.5. The number of hydrazone groups is 1. The first-order chi connectivity index (χ1) is 3.30. The van der Waals surface area contributed by atoms with Gasteiger partial charge in [0.25, 0.3) is 0 Å². The molecular weight excluding hydrogens is 90.1 g/mol. The normalized spacial score (nSPS) is 28.3. The molecule has 40 valence electrons. The molecule has 0 saturated carbocycles. The van der Waals surface area contributed by atoms with Gasteiger partial charge in [-0.15, -0.1) is 0 Å². The van der Waals surface area contributed by atoms with Crippen LogP contribution in [0.25, 0.3) is 0 Å². The Kier molecular flexibility index (Phi) is 0.889. The Morgan fingerprint density at radius 2 is 2.57 bits per heavy atom. The van der Waals surface area contributed by atoms with Gasteiger partial charge in [0, 0.05) is 7.05 Å². The van der Waals surface area contributed by atoms with Crippen LogP contribution in [0.15, 0.2) is 5.10 Å². The molecule has 3 nitrogen and oxygen atoms in total. The van der Waals surface area contributed by atoms with Crippen molar-refractivity contribution in [2.75, 3.05) is 7.05 Å². The van der Waals surface area contributed by atoms with Gasteiger partial charge in [0.2, 0.25) is 0 Å². The van der Waals surface area contributed by atoms with E-state index < -0.39 is 0 Å². The molecule has 0 saturated heterocycles. The Morgan fingerprint density at radius 3 is 2.71 bits per heavy atom. The van der Waals surface area contributed by atoms with Crippen molar-refractivity contribution < 1.29 is 0 Å². The molecule has 1 aliphatic heterocycles. The first kappa shape index (κ1) is 4.43. The summed E-state index contributed by atoms with van der Waals surface area (Å²) in [6.07, 6.45) is 2.14. The van der Waals surface area contributed by atoms with E-state index in [-0.39, 0.29) is 0 Å². The van der Waals surface area contributed by atoms with E-state index in [1.165, 1.54) is 0 Å². The van der Waals surface area contributed by atoms with Crippen molar-refractivity contribution in [1.29, 1.82) is 0 Å². The third kappa shape index (κ3) is 0.656. The maximum Gasteiger partial charge on any atom is 0.113 e. The Morgan fingerprint density at radius 1 is 1.86 bits per heavy atom. The minimum absolute atomic E-state index is 0.375. The van der Waals surface area contributed by atoms with Gasteiger partial charge in [-0.25, -0.2) is 0 Å². The Labute approximate surface area is 43.0 Å². The average molecular weight is 99.1 g/mol. The number of hydrogen-bond donors (Lipinski definition) is 1. The van der Waals surface area contributed by atoms with E-state index in [9.17, 15) is 0 Å². The van der Waals surface area contributed by atoms with Crippen molar-refractivity contribution >= 4 is 6.34 Å². The molecule has 0 amide bonds. The van der Waals surface area contributed by atoms with Crippen molar-refractivity contribution in [2.45, 2.75) is 13.1 Å². The summed E-state index contributed by atoms with van der Waals surface area (Å²) in [5, 5.41) is 3.80. The minimum Gasteiger partial charge on any atom is -0.343 e. The van der Waals surface area contributed by atoms with Gasteiger partial charge in [0.15, 0.2) is 0 Å². The third-order valence-corrected chi connectivity index (χ3v) is 1.11. The van der Waals surface area contributed by atoms with E-state index in [0.717, 1.165) is 0 Å². The quantitative estimate of drug-likeness (QED) is 0.456. The molecule has 0 unspecified atom stereocenters. The summed E-state index contributed by atoms with van der Waals surface area (Å²) in [5.41, 5.74) is 2.86. The smallest absolute Gasteiger partial charge is 0.113 e. The SMILES string of the molecule is C[C@H]1NN=CN1C. The van der Waals surface area contributed by atoms with E-state index in [1.807, 2.05) is 18.9 Å². The summed E-state index contributed by atoms with van der Waals surface area (Å²) in [7, 11) is 1.98. The summed E-state index contributed by atoms with van der Waals surface area (Å²) in [6.45, 7) is 2.05. The monoisotopic (exact) mass is 99.1 g/mol. The van der Waals surface area contributed by atoms with Crippen LogP contribution in [0.1, 0.15) is 6.92 Å². The molecule has 0 aromatic carbocycles. The number of rotatable bonds is 0. The highest BCUT2D eigenvalue weighted by Crippen LogP contribution is 1.91. The van der Waals surface area contributed by atoms with Crippen LogP contribution in [0, 0.1) is 0 Å².